The number of carbonyl (C=O) groups excluding carboxylic acids is 1. The highest BCUT2D eigenvalue weighted by molar-refractivity contribution is 7.92. The molecule has 27 heavy (non-hydrogen) atoms. The number of hydrogen-bond donors (Lipinski definition) is 2. The summed E-state index contributed by atoms with van der Waals surface area (Å²) in [5, 5.41) is 9.59. The Hall–Kier alpha value is -1.84. The number of aliphatic hydroxyl groups excluding tert-OH is 1. The summed E-state index contributed by atoms with van der Waals surface area (Å²) in [5.41, 5.74) is 0.571. The Labute approximate surface area is 161 Å². The van der Waals surface area contributed by atoms with Crippen LogP contribution < -0.4 is 9.46 Å². The number of nitrogens with one attached hydrogen (secondary N) is 1. The zero-order valence-corrected chi connectivity index (χ0v) is 17.3. The van der Waals surface area contributed by atoms with Gasteiger partial charge in [-0.2, -0.15) is 0 Å². The predicted octanol–water partition coefficient (Wildman–Crippen LogP) is 0.840. The number of nitrogens with zero attached hydrogens (tertiary/aromatic N) is 2. The van der Waals surface area contributed by atoms with Crippen molar-refractivity contribution in [2.75, 3.05) is 44.8 Å². The first-order chi connectivity index (χ1) is 12.5. The second-order valence-electron chi connectivity index (χ2n) is 7.47. The highest BCUT2D eigenvalue weighted by Crippen LogP contribution is 2.30. The van der Waals surface area contributed by atoms with Crippen LogP contribution in [0.1, 0.15) is 24.2 Å². The molecule has 0 aliphatic carbocycles. The van der Waals surface area contributed by atoms with Crippen LogP contribution in [0.3, 0.4) is 0 Å². The Morgan fingerprint density at radius 3 is 2.63 bits per heavy atom. The molecular formula is C18H29N3O5S. The minimum Gasteiger partial charge on any atom is -0.488 e. The molecule has 1 aromatic rings. The normalized spacial score (nSPS) is 21.9. The third-order valence-corrected chi connectivity index (χ3v) is 5.12. The summed E-state index contributed by atoms with van der Waals surface area (Å²) in [6, 6.07) is 4.31. The van der Waals surface area contributed by atoms with Crippen LogP contribution in [0.25, 0.3) is 0 Å². The Balaban J connectivity index is 2.51. The maximum atomic E-state index is 13.1. The van der Waals surface area contributed by atoms with Crippen LogP contribution in [0.5, 0.6) is 5.75 Å². The van der Waals surface area contributed by atoms with E-state index in [4.69, 9.17) is 4.74 Å². The average Bonchev–Trinajstić information content (AvgIpc) is 2.56. The fourth-order valence-corrected chi connectivity index (χ4v) is 3.63. The Morgan fingerprint density at radius 2 is 2.07 bits per heavy atom. The van der Waals surface area contributed by atoms with Gasteiger partial charge in [-0.15, -0.1) is 0 Å². The van der Waals surface area contributed by atoms with Crippen molar-refractivity contribution in [3.8, 4) is 5.75 Å². The molecule has 9 heteroatoms. The van der Waals surface area contributed by atoms with Gasteiger partial charge in [0, 0.05) is 24.7 Å². The number of aliphatic hydroxyl groups is 1. The molecule has 0 radical (unpaired) electrons. The van der Waals surface area contributed by atoms with Crippen molar-refractivity contribution < 1.29 is 23.1 Å². The van der Waals surface area contributed by atoms with Gasteiger partial charge in [0.1, 0.15) is 11.9 Å². The van der Waals surface area contributed by atoms with Crippen molar-refractivity contribution in [2.45, 2.75) is 26.0 Å². The summed E-state index contributed by atoms with van der Waals surface area (Å²) in [6.45, 7) is 4.74. The van der Waals surface area contributed by atoms with E-state index in [1.165, 1.54) is 6.07 Å². The maximum absolute atomic E-state index is 13.1. The van der Waals surface area contributed by atoms with E-state index < -0.39 is 10.0 Å². The number of likely N-dealkylation sites (N-methyl/N-ethyl adjacent to an activating group) is 1. The van der Waals surface area contributed by atoms with E-state index in [-0.39, 0.29) is 36.1 Å². The summed E-state index contributed by atoms with van der Waals surface area (Å²) < 4.78 is 31.6. The fraction of sp³-hybridized carbons (Fsp3) is 0.611. The number of benzene rings is 1. The molecule has 1 aliphatic rings. The molecule has 1 aliphatic heterocycles. The number of amides is 1. The smallest absolute Gasteiger partial charge is 0.258 e. The lowest BCUT2D eigenvalue weighted by Crippen LogP contribution is -2.49. The lowest BCUT2D eigenvalue weighted by atomic mass is 9.99. The third kappa shape index (κ3) is 5.57. The SMILES string of the molecule is C[C@H](CO)N1C[C@H](C)[C@@H](CN(C)C)Oc2ccc(NS(C)(=O)=O)cc2C1=O. The summed E-state index contributed by atoms with van der Waals surface area (Å²) in [5.74, 6) is 0.166. The summed E-state index contributed by atoms with van der Waals surface area (Å²) in [7, 11) is 0.435. The molecule has 0 aromatic heterocycles. The lowest BCUT2D eigenvalue weighted by molar-refractivity contribution is 0.0363. The molecule has 2 rings (SSSR count). The number of carbonyl (C=O) groups is 1. The van der Waals surface area contributed by atoms with Crippen LogP contribution in [0, 0.1) is 5.92 Å². The highest BCUT2D eigenvalue weighted by atomic mass is 32.2. The molecular weight excluding hydrogens is 370 g/mol. The van der Waals surface area contributed by atoms with Crippen molar-refractivity contribution >= 4 is 21.6 Å². The zero-order valence-electron chi connectivity index (χ0n) is 16.5. The first-order valence-corrected chi connectivity index (χ1v) is 10.8. The predicted molar refractivity (Wildman–Crippen MR) is 105 cm³/mol. The summed E-state index contributed by atoms with van der Waals surface area (Å²) in [4.78, 5) is 16.8. The van der Waals surface area contributed by atoms with E-state index >= 15 is 0 Å². The monoisotopic (exact) mass is 399 g/mol. The van der Waals surface area contributed by atoms with Crippen LogP contribution in [0.15, 0.2) is 18.2 Å². The van der Waals surface area contributed by atoms with Gasteiger partial charge in [-0.3, -0.25) is 9.52 Å². The maximum Gasteiger partial charge on any atom is 0.258 e. The summed E-state index contributed by atoms with van der Waals surface area (Å²) in [6.07, 6.45) is 0.894. The minimum atomic E-state index is -3.47. The Bertz CT molecular complexity index is 781. The van der Waals surface area contributed by atoms with Gasteiger partial charge in [0.05, 0.1) is 24.5 Å². The molecule has 2 N–H and O–H groups in total. The number of anilines is 1. The standard InChI is InChI=1S/C18H29N3O5S/c1-12-9-21(13(2)11-22)18(23)15-8-14(19-27(5,24)25)6-7-16(15)26-17(12)10-20(3)4/h6-8,12-13,17,19,22H,9-11H2,1-5H3/t12-,13+,17+/m0/s1. The van der Waals surface area contributed by atoms with Gasteiger partial charge in [0.2, 0.25) is 10.0 Å². The van der Waals surface area contributed by atoms with Gasteiger partial charge >= 0.3 is 0 Å². The van der Waals surface area contributed by atoms with Crippen molar-refractivity contribution in [1.29, 1.82) is 0 Å². The molecule has 8 nitrogen and oxygen atoms in total. The van der Waals surface area contributed by atoms with Crippen molar-refractivity contribution in [1.82, 2.24) is 9.80 Å². The van der Waals surface area contributed by atoms with Gasteiger partial charge < -0.3 is 19.6 Å². The molecule has 1 amide bonds. The van der Waals surface area contributed by atoms with Gasteiger partial charge in [-0.1, -0.05) is 6.92 Å². The van der Waals surface area contributed by atoms with E-state index in [2.05, 4.69) is 4.72 Å². The first-order valence-electron chi connectivity index (χ1n) is 8.87. The van der Waals surface area contributed by atoms with Crippen LogP contribution >= 0.6 is 0 Å². The van der Waals surface area contributed by atoms with Gasteiger partial charge in [0.15, 0.2) is 0 Å². The number of rotatable bonds is 6. The van der Waals surface area contributed by atoms with Gasteiger partial charge in [-0.25, -0.2) is 8.42 Å². The molecule has 0 spiro atoms. The van der Waals surface area contributed by atoms with Crippen molar-refractivity contribution in [2.24, 2.45) is 5.92 Å². The first kappa shape index (κ1) is 21.5. The highest BCUT2D eigenvalue weighted by Gasteiger charge is 2.33. The lowest BCUT2D eigenvalue weighted by Gasteiger charge is -2.37. The van der Waals surface area contributed by atoms with E-state index in [1.54, 1.807) is 24.0 Å². The van der Waals surface area contributed by atoms with Crippen LogP contribution in [0.2, 0.25) is 0 Å². The largest absolute Gasteiger partial charge is 0.488 e. The molecule has 0 saturated heterocycles. The second kappa shape index (κ2) is 8.45. The molecule has 0 saturated carbocycles. The van der Waals surface area contributed by atoms with E-state index in [1.807, 2.05) is 25.9 Å². The van der Waals surface area contributed by atoms with Crippen LogP contribution in [-0.2, 0) is 10.0 Å². The van der Waals surface area contributed by atoms with E-state index in [0.717, 1.165) is 6.26 Å². The van der Waals surface area contributed by atoms with Crippen molar-refractivity contribution in [3.63, 3.8) is 0 Å². The topological polar surface area (TPSA) is 99.2 Å². The van der Waals surface area contributed by atoms with Crippen LogP contribution in [-0.4, -0.2) is 81.4 Å². The molecule has 0 unspecified atom stereocenters. The third-order valence-electron chi connectivity index (χ3n) is 4.51. The Morgan fingerprint density at radius 1 is 1.41 bits per heavy atom. The number of fused-ring (bicyclic) bond motifs is 1. The number of sulfonamides is 1. The number of hydrogen-bond acceptors (Lipinski definition) is 6. The zero-order chi connectivity index (χ0) is 20.4. The quantitative estimate of drug-likeness (QED) is 0.735. The van der Waals surface area contributed by atoms with Gasteiger partial charge in [-0.05, 0) is 39.2 Å². The second-order valence-corrected chi connectivity index (χ2v) is 9.22. The molecule has 0 bridgehead atoms. The molecule has 152 valence electrons. The molecule has 3 atom stereocenters. The fourth-order valence-electron chi connectivity index (χ4n) is 3.08. The van der Waals surface area contributed by atoms with E-state index in [9.17, 15) is 18.3 Å². The molecule has 0 fully saturated rings. The van der Waals surface area contributed by atoms with E-state index in [0.29, 0.717) is 24.5 Å². The summed E-state index contributed by atoms with van der Waals surface area (Å²) >= 11 is 0. The van der Waals surface area contributed by atoms with Gasteiger partial charge in [0.25, 0.3) is 5.91 Å². The molecule has 1 aromatic carbocycles. The number of ether oxygens (including phenoxy) is 1. The average molecular weight is 400 g/mol. The van der Waals surface area contributed by atoms with Crippen molar-refractivity contribution in [3.05, 3.63) is 23.8 Å². The molecule has 1 heterocycles. The minimum absolute atomic E-state index is 0.0484. The Kier molecular flexibility index (Phi) is 6.72. The van der Waals surface area contributed by atoms with Crippen LogP contribution in [0.4, 0.5) is 5.69 Å².